The fraction of sp³-hybridized carbons (Fsp3) is 1.00. The Morgan fingerprint density at radius 3 is 3.40 bits per heavy atom. The summed E-state index contributed by atoms with van der Waals surface area (Å²) in [5.74, 6) is 0. The lowest BCUT2D eigenvalue weighted by molar-refractivity contribution is 0.305. The average Bonchev–Trinajstić information content (AvgIpc) is 2.44. The zero-order valence-electron chi connectivity index (χ0n) is 6.12. The Hall–Kier alpha value is 0.310. The number of hydrogen-bond donors (Lipinski definition) is 0. The Morgan fingerprint density at radius 2 is 2.60 bits per heavy atom. The van der Waals surface area contributed by atoms with Crippen LogP contribution in [0.5, 0.6) is 0 Å². The summed E-state index contributed by atoms with van der Waals surface area (Å²) >= 11 is 0. The lowest BCUT2D eigenvalue weighted by atomic mass is 10.2. The van der Waals surface area contributed by atoms with Gasteiger partial charge in [-0.25, -0.2) is 4.67 Å². The summed E-state index contributed by atoms with van der Waals surface area (Å²) in [6.07, 6.45) is 2.61. The second-order valence-electron chi connectivity index (χ2n) is 2.68. The van der Waals surface area contributed by atoms with Gasteiger partial charge in [-0.05, 0) is 12.8 Å². The normalized spacial score (nSPS) is 40.5. The Kier molecular flexibility index (Phi) is 1.92. The molecule has 58 valence electrons. The zero-order valence-corrected chi connectivity index (χ0v) is 7.01. The van der Waals surface area contributed by atoms with Gasteiger partial charge in [0, 0.05) is 19.7 Å². The maximum absolute atomic E-state index is 5.44. The van der Waals surface area contributed by atoms with Crippen molar-refractivity contribution < 1.29 is 9.05 Å². The second kappa shape index (κ2) is 2.74. The SMILES string of the molecule is COP1OC[C@@H]2CCCN21. The molecular formula is C6H12NO2P. The minimum Gasteiger partial charge on any atom is -0.325 e. The van der Waals surface area contributed by atoms with E-state index in [0.29, 0.717) is 6.04 Å². The van der Waals surface area contributed by atoms with Crippen molar-refractivity contribution in [2.75, 3.05) is 20.3 Å². The molecule has 0 aliphatic carbocycles. The van der Waals surface area contributed by atoms with Crippen LogP contribution in [0.3, 0.4) is 0 Å². The van der Waals surface area contributed by atoms with E-state index in [0.717, 1.165) is 6.61 Å². The lowest BCUT2D eigenvalue weighted by Crippen LogP contribution is -2.19. The van der Waals surface area contributed by atoms with E-state index in [1.807, 2.05) is 0 Å². The molecule has 3 nitrogen and oxygen atoms in total. The van der Waals surface area contributed by atoms with E-state index in [9.17, 15) is 0 Å². The van der Waals surface area contributed by atoms with E-state index in [4.69, 9.17) is 9.05 Å². The van der Waals surface area contributed by atoms with E-state index >= 15 is 0 Å². The number of hydrogen-bond acceptors (Lipinski definition) is 3. The van der Waals surface area contributed by atoms with Crippen molar-refractivity contribution in [3.63, 3.8) is 0 Å². The third-order valence-corrected chi connectivity index (χ3v) is 3.72. The summed E-state index contributed by atoms with van der Waals surface area (Å²) < 4.78 is 13.0. The smallest absolute Gasteiger partial charge is 0.258 e. The summed E-state index contributed by atoms with van der Waals surface area (Å²) in [5.41, 5.74) is 0. The molecule has 2 saturated heterocycles. The van der Waals surface area contributed by atoms with E-state index < -0.39 is 8.53 Å². The third kappa shape index (κ3) is 0.978. The monoisotopic (exact) mass is 161 g/mol. The van der Waals surface area contributed by atoms with E-state index in [1.54, 1.807) is 7.11 Å². The highest BCUT2D eigenvalue weighted by molar-refractivity contribution is 7.44. The first-order chi connectivity index (χ1) is 4.92. The van der Waals surface area contributed by atoms with Crippen LogP contribution in [0, 0.1) is 0 Å². The summed E-state index contributed by atoms with van der Waals surface area (Å²) in [5, 5.41) is 0. The molecule has 0 aromatic rings. The van der Waals surface area contributed by atoms with Gasteiger partial charge in [0.2, 0.25) is 0 Å². The van der Waals surface area contributed by atoms with Gasteiger partial charge in [-0.2, -0.15) is 0 Å². The molecule has 0 spiro atoms. The van der Waals surface area contributed by atoms with Crippen molar-refractivity contribution in [2.45, 2.75) is 18.9 Å². The van der Waals surface area contributed by atoms with E-state index in [-0.39, 0.29) is 0 Å². The first kappa shape index (κ1) is 6.99. The third-order valence-electron chi connectivity index (χ3n) is 2.09. The minimum absolute atomic E-state index is 0.650. The summed E-state index contributed by atoms with van der Waals surface area (Å²) in [4.78, 5) is 0. The summed E-state index contributed by atoms with van der Waals surface area (Å²) in [7, 11) is 1.08. The van der Waals surface area contributed by atoms with Gasteiger partial charge in [0.15, 0.2) is 0 Å². The van der Waals surface area contributed by atoms with Crippen molar-refractivity contribution in [1.82, 2.24) is 4.67 Å². The van der Waals surface area contributed by atoms with Gasteiger partial charge in [0.1, 0.15) is 0 Å². The molecule has 2 fully saturated rings. The highest BCUT2D eigenvalue weighted by atomic mass is 31.2. The van der Waals surface area contributed by atoms with Crippen LogP contribution in [-0.2, 0) is 9.05 Å². The lowest BCUT2D eigenvalue weighted by Gasteiger charge is -2.16. The molecule has 2 aliphatic rings. The van der Waals surface area contributed by atoms with Crippen LogP contribution in [-0.4, -0.2) is 31.0 Å². The first-order valence-corrected chi connectivity index (χ1v) is 4.78. The average molecular weight is 161 g/mol. The van der Waals surface area contributed by atoms with Gasteiger partial charge in [0.25, 0.3) is 8.53 Å². The molecule has 0 radical (unpaired) electrons. The molecule has 0 bridgehead atoms. The fourth-order valence-electron chi connectivity index (χ4n) is 1.59. The quantitative estimate of drug-likeness (QED) is 0.542. The Balaban J connectivity index is 2.01. The van der Waals surface area contributed by atoms with Crippen LogP contribution in [0.1, 0.15) is 12.8 Å². The highest BCUT2D eigenvalue weighted by Crippen LogP contribution is 2.51. The Bertz CT molecular complexity index is 133. The van der Waals surface area contributed by atoms with Gasteiger partial charge in [-0.3, -0.25) is 0 Å². The molecule has 0 aromatic carbocycles. The summed E-state index contributed by atoms with van der Waals surface area (Å²) in [6, 6.07) is 0.672. The summed E-state index contributed by atoms with van der Waals surface area (Å²) in [6.45, 7) is 2.06. The first-order valence-electron chi connectivity index (χ1n) is 3.65. The van der Waals surface area contributed by atoms with Crippen LogP contribution in [0.4, 0.5) is 0 Å². The standard InChI is InChI=1S/C6H12NO2P/c1-8-10-7-4-2-3-6(7)5-9-10/h6H,2-5H2,1H3/t6-,10?/m0/s1. The maximum Gasteiger partial charge on any atom is 0.258 e. The number of fused-ring (bicyclic) bond motifs is 1. The topological polar surface area (TPSA) is 21.7 Å². The predicted molar refractivity (Wildman–Crippen MR) is 39.6 cm³/mol. The fourth-order valence-corrected chi connectivity index (χ4v) is 3.10. The maximum atomic E-state index is 5.44. The number of nitrogens with zero attached hydrogens (tertiary/aromatic N) is 1. The van der Waals surface area contributed by atoms with E-state index in [1.165, 1.54) is 19.4 Å². The molecule has 2 aliphatic heterocycles. The highest BCUT2D eigenvalue weighted by Gasteiger charge is 2.38. The number of rotatable bonds is 1. The van der Waals surface area contributed by atoms with Crippen LogP contribution in [0.2, 0.25) is 0 Å². The van der Waals surface area contributed by atoms with Crippen molar-refractivity contribution in [1.29, 1.82) is 0 Å². The van der Waals surface area contributed by atoms with Gasteiger partial charge >= 0.3 is 0 Å². The molecule has 2 atom stereocenters. The Morgan fingerprint density at radius 1 is 1.70 bits per heavy atom. The van der Waals surface area contributed by atoms with Crippen molar-refractivity contribution in [3.05, 3.63) is 0 Å². The predicted octanol–water partition coefficient (Wildman–Crippen LogP) is 1.35. The Labute approximate surface area is 62.3 Å². The van der Waals surface area contributed by atoms with Gasteiger partial charge < -0.3 is 9.05 Å². The van der Waals surface area contributed by atoms with Crippen LogP contribution < -0.4 is 0 Å². The zero-order chi connectivity index (χ0) is 6.97. The van der Waals surface area contributed by atoms with Crippen LogP contribution >= 0.6 is 8.53 Å². The van der Waals surface area contributed by atoms with E-state index in [2.05, 4.69) is 4.67 Å². The van der Waals surface area contributed by atoms with Crippen molar-refractivity contribution >= 4 is 8.53 Å². The van der Waals surface area contributed by atoms with Crippen molar-refractivity contribution in [3.8, 4) is 0 Å². The van der Waals surface area contributed by atoms with Gasteiger partial charge in [-0.1, -0.05) is 0 Å². The molecule has 4 heteroatoms. The van der Waals surface area contributed by atoms with Crippen LogP contribution in [0.15, 0.2) is 0 Å². The molecule has 0 amide bonds. The molecule has 10 heavy (non-hydrogen) atoms. The molecule has 2 heterocycles. The van der Waals surface area contributed by atoms with Gasteiger partial charge in [0.05, 0.1) is 6.61 Å². The molecular weight excluding hydrogens is 149 g/mol. The molecule has 0 aromatic heterocycles. The molecule has 0 saturated carbocycles. The van der Waals surface area contributed by atoms with Gasteiger partial charge in [-0.15, -0.1) is 0 Å². The minimum atomic E-state index is -0.650. The van der Waals surface area contributed by atoms with Crippen molar-refractivity contribution in [2.24, 2.45) is 0 Å². The largest absolute Gasteiger partial charge is 0.325 e. The van der Waals surface area contributed by atoms with Crippen LogP contribution in [0.25, 0.3) is 0 Å². The second-order valence-corrected chi connectivity index (χ2v) is 4.29. The molecule has 1 unspecified atom stereocenters. The molecule has 0 N–H and O–H groups in total. The molecule has 2 rings (SSSR count).